The number of hydrogen-bond acceptors (Lipinski definition) is 2. The summed E-state index contributed by atoms with van der Waals surface area (Å²) in [4.78, 5) is 4.48. The highest BCUT2D eigenvalue weighted by Gasteiger charge is 1.96. The molecule has 0 unspecified atom stereocenters. The minimum atomic E-state index is 0.528. The second kappa shape index (κ2) is 4.45. The van der Waals surface area contributed by atoms with Crippen molar-refractivity contribution in [2.45, 2.75) is 13.3 Å². The van der Waals surface area contributed by atoms with Gasteiger partial charge < -0.3 is 4.84 Å². The Bertz CT molecular complexity index is 242. The molecular weight excluding hydrogens is 174 g/mol. The lowest BCUT2D eigenvalue weighted by atomic mass is 10.1. The predicted octanol–water partition coefficient (Wildman–Crippen LogP) is 2.08. The molecule has 0 bridgehead atoms. The third kappa shape index (κ3) is 2.81. The normalized spacial score (nSPS) is 10.2. The molecule has 12 heavy (non-hydrogen) atoms. The zero-order chi connectivity index (χ0) is 8.97. The van der Waals surface area contributed by atoms with Crippen molar-refractivity contribution in [2.24, 2.45) is 5.90 Å². The molecule has 0 fully saturated rings. The van der Waals surface area contributed by atoms with Gasteiger partial charge in [0, 0.05) is 5.02 Å². The molecule has 0 aliphatic rings. The first kappa shape index (κ1) is 9.52. The maximum atomic E-state index is 5.86. The lowest BCUT2D eigenvalue weighted by Crippen LogP contribution is -2.03. The smallest absolute Gasteiger partial charge is 0.0719 e. The van der Waals surface area contributed by atoms with E-state index in [2.05, 4.69) is 10.9 Å². The molecule has 1 aromatic carbocycles. The van der Waals surface area contributed by atoms with E-state index in [1.807, 2.05) is 19.1 Å². The van der Waals surface area contributed by atoms with Crippen molar-refractivity contribution in [3.8, 4) is 0 Å². The number of aryl methyl sites for hydroxylation is 1. The zero-order valence-corrected chi connectivity index (χ0v) is 7.77. The van der Waals surface area contributed by atoms with Crippen molar-refractivity contribution < 1.29 is 4.84 Å². The van der Waals surface area contributed by atoms with Gasteiger partial charge in [0.2, 0.25) is 0 Å². The van der Waals surface area contributed by atoms with Crippen LogP contribution in [0.2, 0.25) is 5.02 Å². The Morgan fingerprint density at radius 2 is 2.17 bits per heavy atom. The number of benzene rings is 1. The summed E-state index contributed by atoms with van der Waals surface area (Å²) >= 11 is 5.86. The number of rotatable bonds is 3. The number of hydrogen-bond donors (Lipinski definition) is 1. The topological polar surface area (TPSA) is 35.2 Å². The molecule has 66 valence electrons. The van der Waals surface area contributed by atoms with Crippen LogP contribution < -0.4 is 5.90 Å². The minimum Gasteiger partial charge on any atom is -0.304 e. The second-order valence-corrected chi connectivity index (χ2v) is 3.19. The Hall–Kier alpha value is -0.570. The Morgan fingerprint density at radius 3 is 2.75 bits per heavy atom. The summed E-state index contributed by atoms with van der Waals surface area (Å²) in [7, 11) is 0. The maximum absolute atomic E-state index is 5.86. The van der Waals surface area contributed by atoms with Crippen molar-refractivity contribution in [2.75, 3.05) is 6.61 Å². The van der Waals surface area contributed by atoms with Crippen LogP contribution in [-0.2, 0) is 11.3 Å². The highest BCUT2D eigenvalue weighted by atomic mass is 35.5. The molecule has 0 atom stereocenters. The van der Waals surface area contributed by atoms with E-state index < -0.39 is 0 Å². The van der Waals surface area contributed by atoms with Crippen LogP contribution in [0.15, 0.2) is 18.2 Å². The molecule has 2 N–H and O–H groups in total. The average molecular weight is 186 g/mol. The Balaban J connectivity index is 2.72. The van der Waals surface area contributed by atoms with E-state index in [0.29, 0.717) is 6.61 Å². The fourth-order valence-corrected chi connectivity index (χ4v) is 1.45. The molecule has 2 nitrogen and oxygen atoms in total. The maximum Gasteiger partial charge on any atom is 0.0719 e. The van der Waals surface area contributed by atoms with Crippen LogP contribution in [0.1, 0.15) is 11.1 Å². The van der Waals surface area contributed by atoms with Gasteiger partial charge in [0.05, 0.1) is 6.61 Å². The standard InChI is InChI=1S/C9H12ClNO/c1-7-4-8(2-3-12-11)6-9(10)5-7/h4-6H,2-3,11H2,1H3. The van der Waals surface area contributed by atoms with Crippen molar-refractivity contribution in [3.05, 3.63) is 34.3 Å². The monoisotopic (exact) mass is 185 g/mol. The molecule has 3 heteroatoms. The first-order valence-electron chi connectivity index (χ1n) is 3.80. The van der Waals surface area contributed by atoms with E-state index in [1.54, 1.807) is 0 Å². The van der Waals surface area contributed by atoms with Crippen LogP contribution >= 0.6 is 11.6 Å². The third-order valence-corrected chi connectivity index (χ3v) is 1.83. The lowest BCUT2D eigenvalue weighted by Gasteiger charge is -2.02. The van der Waals surface area contributed by atoms with Crippen molar-refractivity contribution in [1.29, 1.82) is 0 Å². The first-order valence-corrected chi connectivity index (χ1v) is 4.18. The molecule has 0 aliphatic carbocycles. The summed E-state index contributed by atoms with van der Waals surface area (Å²) in [6, 6.07) is 5.92. The van der Waals surface area contributed by atoms with Crippen LogP contribution in [0.4, 0.5) is 0 Å². The van der Waals surface area contributed by atoms with Crippen molar-refractivity contribution in [1.82, 2.24) is 0 Å². The van der Waals surface area contributed by atoms with Crippen LogP contribution in [0.5, 0.6) is 0 Å². The van der Waals surface area contributed by atoms with Crippen LogP contribution in [0.3, 0.4) is 0 Å². The molecule has 0 spiro atoms. The van der Waals surface area contributed by atoms with Crippen molar-refractivity contribution >= 4 is 11.6 Å². The third-order valence-electron chi connectivity index (χ3n) is 1.61. The largest absolute Gasteiger partial charge is 0.304 e. The SMILES string of the molecule is Cc1cc(Cl)cc(CCON)c1. The number of halogens is 1. The van der Waals surface area contributed by atoms with Crippen LogP contribution in [0.25, 0.3) is 0 Å². The molecule has 0 saturated carbocycles. The van der Waals surface area contributed by atoms with Gasteiger partial charge in [-0.2, -0.15) is 0 Å². The van der Waals surface area contributed by atoms with Gasteiger partial charge in [0.1, 0.15) is 0 Å². The Kier molecular flexibility index (Phi) is 3.53. The predicted molar refractivity (Wildman–Crippen MR) is 50.0 cm³/mol. The highest BCUT2D eigenvalue weighted by molar-refractivity contribution is 6.30. The summed E-state index contributed by atoms with van der Waals surface area (Å²) < 4.78 is 0. The average Bonchev–Trinajstić information content (AvgIpc) is 1.99. The van der Waals surface area contributed by atoms with Crippen LogP contribution in [0, 0.1) is 6.92 Å². The summed E-state index contributed by atoms with van der Waals surface area (Å²) in [5.41, 5.74) is 2.32. The van der Waals surface area contributed by atoms with Crippen LogP contribution in [-0.4, -0.2) is 6.61 Å². The van der Waals surface area contributed by atoms with E-state index in [1.165, 1.54) is 0 Å². The fourth-order valence-electron chi connectivity index (χ4n) is 1.13. The van der Waals surface area contributed by atoms with Gasteiger partial charge in [0.15, 0.2) is 0 Å². The lowest BCUT2D eigenvalue weighted by molar-refractivity contribution is 0.141. The second-order valence-electron chi connectivity index (χ2n) is 2.76. The fraction of sp³-hybridized carbons (Fsp3) is 0.333. The van der Waals surface area contributed by atoms with E-state index in [9.17, 15) is 0 Å². The molecule has 0 aliphatic heterocycles. The van der Waals surface area contributed by atoms with E-state index in [-0.39, 0.29) is 0 Å². The minimum absolute atomic E-state index is 0.528. The van der Waals surface area contributed by atoms with Gasteiger partial charge >= 0.3 is 0 Å². The number of nitrogens with two attached hydrogens (primary N) is 1. The Morgan fingerprint density at radius 1 is 1.42 bits per heavy atom. The highest BCUT2D eigenvalue weighted by Crippen LogP contribution is 2.14. The van der Waals surface area contributed by atoms with Gasteiger partial charge in [-0.3, -0.25) is 0 Å². The van der Waals surface area contributed by atoms with Gasteiger partial charge in [-0.05, 0) is 36.6 Å². The van der Waals surface area contributed by atoms with E-state index >= 15 is 0 Å². The molecule has 0 heterocycles. The van der Waals surface area contributed by atoms with E-state index in [0.717, 1.165) is 22.6 Å². The first-order chi connectivity index (χ1) is 5.72. The summed E-state index contributed by atoms with van der Waals surface area (Å²) in [6.07, 6.45) is 0.803. The summed E-state index contributed by atoms with van der Waals surface area (Å²) in [5, 5.41) is 0.766. The Labute approximate surface area is 77.2 Å². The van der Waals surface area contributed by atoms with Crippen molar-refractivity contribution in [3.63, 3.8) is 0 Å². The molecule has 1 aromatic rings. The van der Waals surface area contributed by atoms with Gasteiger partial charge in [-0.1, -0.05) is 17.7 Å². The summed E-state index contributed by atoms with van der Waals surface area (Å²) in [6.45, 7) is 2.54. The molecule has 0 aromatic heterocycles. The van der Waals surface area contributed by atoms with Gasteiger partial charge in [-0.15, -0.1) is 0 Å². The summed E-state index contributed by atoms with van der Waals surface area (Å²) in [5.74, 6) is 4.92. The van der Waals surface area contributed by atoms with Gasteiger partial charge in [-0.25, -0.2) is 5.90 Å². The molecule has 0 amide bonds. The quantitative estimate of drug-likeness (QED) is 0.732. The molecule has 0 saturated heterocycles. The molecule has 0 radical (unpaired) electrons. The molecule has 1 rings (SSSR count). The zero-order valence-electron chi connectivity index (χ0n) is 7.01. The molecular formula is C9H12ClNO. The van der Waals surface area contributed by atoms with E-state index in [4.69, 9.17) is 17.5 Å². The van der Waals surface area contributed by atoms with Gasteiger partial charge in [0.25, 0.3) is 0 Å².